The Bertz CT molecular complexity index is 2850. The van der Waals surface area contributed by atoms with Crippen molar-refractivity contribution in [1.82, 2.24) is 24.9 Å². The molecule has 0 saturated carbocycles. The van der Waals surface area contributed by atoms with Crippen molar-refractivity contribution in [2.45, 2.75) is 0 Å². The molecule has 0 fully saturated rings. The minimum absolute atomic E-state index is 0.646. The SMILES string of the molecule is c1ccc(-c2cc(-c3ccccc3)nc(-c3cccc(-c4ccc5sc6cccc(-c7nc(-c8ccccc8)nc(-c8ccccc8)n7)c6c5c4)c3)n2)cc1. The van der Waals surface area contributed by atoms with E-state index in [4.69, 9.17) is 24.9 Å². The molecule has 0 atom stereocenters. The van der Waals surface area contributed by atoms with Gasteiger partial charge in [0.2, 0.25) is 0 Å². The second-order valence-corrected chi connectivity index (χ2v) is 14.4. The third-order valence-electron chi connectivity index (χ3n) is 9.75. The monoisotopic (exact) mass is 721 g/mol. The highest BCUT2D eigenvalue weighted by atomic mass is 32.1. The highest BCUT2D eigenvalue weighted by Gasteiger charge is 2.18. The van der Waals surface area contributed by atoms with Crippen LogP contribution in [0.3, 0.4) is 0 Å². The van der Waals surface area contributed by atoms with E-state index in [-0.39, 0.29) is 0 Å². The summed E-state index contributed by atoms with van der Waals surface area (Å²) in [5.74, 6) is 2.62. The molecule has 3 aromatic heterocycles. The van der Waals surface area contributed by atoms with E-state index in [0.29, 0.717) is 23.3 Å². The van der Waals surface area contributed by atoms with Gasteiger partial charge in [-0.1, -0.05) is 158 Å². The van der Waals surface area contributed by atoms with E-state index in [1.54, 1.807) is 11.3 Å². The minimum atomic E-state index is 0.646. The van der Waals surface area contributed by atoms with E-state index in [1.807, 2.05) is 97.1 Å². The van der Waals surface area contributed by atoms with Crippen molar-refractivity contribution < 1.29 is 0 Å². The summed E-state index contributed by atoms with van der Waals surface area (Å²) in [6.07, 6.45) is 0. The third kappa shape index (κ3) is 6.35. The molecule has 0 radical (unpaired) electrons. The van der Waals surface area contributed by atoms with Gasteiger partial charge in [0, 0.05) is 53.6 Å². The van der Waals surface area contributed by atoms with Crippen molar-refractivity contribution >= 4 is 31.5 Å². The summed E-state index contributed by atoms with van der Waals surface area (Å²) in [5.41, 5.74) is 9.90. The maximum atomic E-state index is 5.09. The lowest BCUT2D eigenvalue weighted by atomic mass is 9.99. The minimum Gasteiger partial charge on any atom is -0.228 e. The number of rotatable bonds is 7. The van der Waals surface area contributed by atoms with E-state index in [9.17, 15) is 0 Å². The molecule has 5 nitrogen and oxygen atoms in total. The van der Waals surface area contributed by atoms with Crippen LogP contribution < -0.4 is 0 Å². The van der Waals surface area contributed by atoms with Crippen LogP contribution in [0.15, 0.2) is 188 Å². The number of benzene rings is 7. The summed E-state index contributed by atoms with van der Waals surface area (Å²) in [6.45, 7) is 0. The Hall–Kier alpha value is -7.15. The Morgan fingerprint density at radius 1 is 0.291 bits per heavy atom. The molecule has 0 spiro atoms. The van der Waals surface area contributed by atoms with Crippen LogP contribution in [0.4, 0.5) is 0 Å². The van der Waals surface area contributed by atoms with E-state index >= 15 is 0 Å². The van der Waals surface area contributed by atoms with Crippen LogP contribution in [-0.4, -0.2) is 24.9 Å². The number of hydrogen-bond donors (Lipinski definition) is 0. The second kappa shape index (κ2) is 14.0. The van der Waals surface area contributed by atoms with Crippen LogP contribution in [0.1, 0.15) is 0 Å². The fraction of sp³-hybridized carbons (Fsp3) is 0. The molecule has 0 saturated heterocycles. The van der Waals surface area contributed by atoms with E-state index < -0.39 is 0 Å². The van der Waals surface area contributed by atoms with Crippen molar-refractivity contribution in [3.63, 3.8) is 0 Å². The van der Waals surface area contributed by atoms with Crippen LogP contribution >= 0.6 is 11.3 Å². The molecular formula is C49H31N5S. The lowest BCUT2D eigenvalue weighted by Crippen LogP contribution is -2.00. The van der Waals surface area contributed by atoms with E-state index in [2.05, 4.69) is 91.0 Å². The standard InChI is InChI=1S/C49H31N5S/c1-5-15-32(16-6-1)41-31-42(33-17-7-2-8-18-33)51-48(50-41)38-24-13-23-36(29-38)37-27-28-43-40(30-37)45-39(25-14-26-44(45)55-43)49-53-46(34-19-9-3-10-20-34)52-47(54-49)35-21-11-4-12-22-35/h1-31H. The van der Waals surface area contributed by atoms with Crippen LogP contribution in [-0.2, 0) is 0 Å². The number of aromatic nitrogens is 5. The van der Waals surface area contributed by atoms with Gasteiger partial charge in [-0.25, -0.2) is 24.9 Å². The predicted molar refractivity (Wildman–Crippen MR) is 226 cm³/mol. The molecule has 10 rings (SSSR count). The van der Waals surface area contributed by atoms with Gasteiger partial charge >= 0.3 is 0 Å². The third-order valence-corrected chi connectivity index (χ3v) is 10.9. The maximum absolute atomic E-state index is 5.09. The largest absolute Gasteiger partial charge is 0.228 e. The molecule has 3 heterocycles. The lowest BCUT2D eigenvalue weighted by molar-refractivity contribution is 1.08. The highest BCUT2D eigenvalue weighted by Crippen LogP contribution is 2.42. The molecule has 0 N–H and O–H groups in total. The summed E-state index contributed by atoms with van der Waals surface area (Å²) in [7, 11) is 0. The highest BCUT2D eigenvalue weighted by molar-refractivity contribution is 7.26. The molecular weight excluding hydrogens is 691 g/mol. The van der Waals surface area contributed by atoms with Crippen molar-refractivity contribution in [3.05, 3.63) is 188 Å². The van der Waals surface area contributed by atoms with Crippen LogP contribution in [0, 0.1) is 0 Å². The molecule has 258 valence electrons. The van der Waals surface area contributed by atoms with Gasteiger partial charge in [-0.2, -0.15) is 0 Å². The van der Waals surface area contributed by atoms with Crippen molar-refractivity contribution in [2.75, 3.05) is 0 Å². The first-order valence-electron chi connectivity index (χ1n) is 18.2. The van der Waals surface area contributed by atoms with E-state index in [0.717, 1.165) is 66.7 Å². The summed E-state index contributed by atoms with van der Waals surface area (Å²) in [5, 5.41) is 2.30. The topological polar surface area (TPSA) is 64.5 Å². The zero-order valence-electron chi connectivity index (χ0n) is 29.5. The Kier molecular flexibility index (Phi) is 8.28. The summed E-state index contributed by atoms with van der Waals surface area (Å²) < 4.78 is 2.38. The molecule has 0 amide bonds. The van der Waals surface area contributed by atoms with Crippen molar-refractivity contribution in [1.29, 1.82) is 0 Å². The number of hydrogen-bond acceptors (Lipinski definition) is 6. The molecule has 0 aliphatic rings. The molecule has 55 heavy (non-hydrogen) atoms. The molecule has 0 bridgehead atoms. The average Bonchev–Trinajstić information content (AvgIpc) is 3.66. The Balaban J connectivity index is 1.10. The Morgan fingerprint density at radius 3 is 1.36 bits per heavy atom. The lowest BCUT2D eigenvalue weighted by Gasteiger charge is -2.11. The first-order valence-corrected chi connectivity index (χ1v) is 19.0. The summed E-state index contributed by atoms with van der Waals surface area (Å²) >= 11 is 1.78. The molecule has 6 heteroatoms. The van der Waals surface area contributed by atoms with E-state index in [1.165, 1.54) is 9.40 Å². The van der Waals surface area contributed by atoms with Crippen LogP contribution in [0.2, 0.25) is 0 Å². The van der Waals surface area contributed by atoms with Gasteiger partial charge in [0.1, 0.15) is 0 Å². The zero-order chi connectivity index (χ0) is 36.6. The van der Waals surface area contributed by atoms with Crippen molar-refractivity contribution in [3.8, 4) is 79.2 Å². The first kappa shape index (κ1) is 32.5. The quantitative estimate of drug-likeness (QED) is 0.164. The first-order chi connectivity index (χ1) is 27.2. The molecule has 7 aromatic carbocycles. The number of nitrogens with zero attached hydrogens (tertiary/aromatic N) is 5. The zero-order valence-corrected chi connectivity index (χ0v) is 30.4. The molecule has 0 aliphatic heterocycles. The van der Waals surface area contributed by atoms with Gasteiger partial charge in [0.05, 0.1) is 11.4 Å². The van der Waals surface area contributed by atoms with Crippen LogP contribution in [0.5, 0.6) is 0 Å². The normalized spacial score (nSPS) is 11.3. The average molecular weight is 722 g/mol. The van der Waals surface area contributed by atoms with Gasteiger partial charge in [-0.15, -0.1) is 11.3 Å². The van der Waals surface area contributed by atoms with Crippen molar-refractivity contribution in [2.24, 2.45) is 0 Å². The van der Waals surface area contributed by atoms with Gasteiger partial charge in [0.15, 0.2) is 23.3 Å². The maximum Gasteiger partial charge on any atom is 0.164 e. The summed E-state index contributed by atoms with van der Waals surface area (Å²) in [6, 6.07) is 64.6. The molecule has 0 unspecified atom stereocenters. The van der Waals surface area contributed by atoms with Crippen LogP contribution in [0.25, 0.3) is 99.4 Å². The molecule has 0 aliphatic carbocycles. The number of fused-ring (bicyclic) bond motifs is 3. The van der Waals surface area contributed by atoms with Gasteiger partial charge in [-0.05, 0) is 41.5 Å². The Labute approximate surface area is 322 Å². The van der Waals surface area contributed by atoms with Gasteiger partial charge < -0.3 is 0 Å². The fourth-order valence-electron chi connectivity index (χ4n) is 7.05. The molecule has 10 aromatic rings. The second-order valence-electron chi connectivity index (χ2n) is 13.3. The summed E-state index contributed by atoms with van der Waals surface area (Å²) in [4.78, 5) is 25.3. The smallest absolute Gasteiger partial charge is 0.164 e. The number of thiophene rings is 1. The fourth-order valence-corrected chi connectivity index (χ4v) is 8.16. The Morgan fingerprint density at radius 2 is 0.764 bits per heavy atom. The van der Waals surface area contributed by atoms with Gasteiger partial charge in [0.25, 0.3) is 0 Å². The van der Waals surface area contributed by atoms with Gasteiger partial charge in [-0.3, -0.25) is 0 Å². The predicted octanol–water partition coefficient (Wildman–Crippen LogP) is 12.7.